The van der Waals surface area contributed by atoms with Crippen LogP contribution in [0.3, 0.4) is 0 Å². The van der Waals surface area contributed by atoms with Gasteiger partial charge in [0.15, 0.2) is 0 Å². The molecule has 1 aliphatic carbocycles. The second kappa shape index (κ2) is 6.00. The van der Waals surface area contributed by atoms with Gasteiger partial charge < -0.3 is 11.1 Å². The summed E-state index contributed by atoms with van der Waals surface area (Å²) >= 11 is 5.24. The first-order valence-corrected chi connectivity index (χ1v) is 7.31. The molecule has 0 saturated heterocycles. The van der Waals surface area contributed by atoms with Crippen LogP contribution in [-0.4, -0.2) is 16.4 Å². The molecule has 3 nitrogen and oxygen atoms in total. The lowest BCUT2D eigenvalue weighted by atomic mass is 9.82. The number of carbonyl (C=O) groups excluding carboxylic acids is 1. The van der Waals surface area contributed by atoms with Crippen molar-refractivity contribution in [1.82, 2.24) is 5.32 Å². The predicted molar refractivity (Wildman–Crippen MR) is 79.4 cm³/mol. The second-order valence-corrected chi connectivity index (χ2v) is 6.86. The van der Waals surface area contributed by atoms with E-state index in [1.54, 1.807) is 0 Å². The minimum atomic E-state index is -0.458. The molecule has 1 saturated carbocycles. The first kappa shape index (κ1) is 15.4. The number of nitrogens with one attached hydrogen (secondary N) is 1. The summed E-state index contributed by atoms with van der Waals surface area (Å²) in [5.74, 6) is 0.0378. The Balaban J connectivity index is 2.84. The van der Waals surface area contributed by atoms with Crippen molar-refractivity contribution in [2.45, 2.75) is 71.3 Å². The fraction of sp³-hybridized carbons (Fsp3) is 0.857. The van der Waals surface area contributed by atoms with Crippen LogP contribution in [0.15, 0.2) is 0 Å². The van der Waals surface area contributed by atoms with Crippen LogP contribution in [0.1, 0.15) is 65.7 Å². The molecule has 18 heavy (non-hydrogen) atoms. The quantitative estimate of drug-likeness (QED) is 0.759. The summed E-state index contributed by atoms with van der Waals surface area (Å²) in [6.45, 7) is 5.75. The van der Waals surface area contributed by atoms with Crippen molar-refractivity contribution in [3.63, 3.8) is 0 Å². The van der Waals surface area contributed by atoms with Gasteiger partial charge in [-0.15, -0.1) is 0 Å². The Hall–Kier alpha value is -0.640. The number of nitrogens with two attached hydrogens (primary N) is 1. The van der Waals surface area contributed by atoms with E-state index in [4.69, 9.17) is 18.0 Å². The molecule has 0 unspecified atom stereocenters. The maximum absolute atomic E-state index is 12.2. The van der Waals surface area contributed by atoms with Gasteiger partial charge in [0, 0.05) is 5.41 Å². The monoisotopic (exact) mass is 270 g/mol. The van der Waals surface area contributed by atoms with Gasteiger partial charge in [-0.2, -0.15) is 0 Å². The van der Waals surface area contributed by atoms with Gasteiger partial charge in [-0.25, -0.2) is 0 Å². The second-order valence-electron chi connectivity index (χ2n) is 6.42. The molecule has 1 amide bonds. The summed E-state index contributed by atoms with van der Waals surface area (Å²) in [5.41, 5.74) is 5.07. The number of thiocarbonyl (C=S) groups is 1. The van der Waals surface area contributed by atoms with Gasteiger partial charge >= 0.3 is 0 Å². The number of carbonyl (C=O) groups is 1. The van der Waals surface area contributed by atoms with Crippen molar-refractivity contribution in [1.29, 1.82) is 0 Å². The largest absolute Gasteiger partial charge is 0.391 e. The highest BCUT2D eigenvalue weighted by Gasteiger charge is 2.37. The van der Waals surface area contributed by atoms with E-state index in [1.165, 1.54) is 19.3 Å². The lowest BCUT2D eigenvalue weighted by Gasteiger charge is -2.37. The molecule has 0 bridgehead atoms. The molecule has 104 valence electrons. The van der Waals surface area contributed by atoms with Crippen LogP contribution < -0.4 is 11.1 Å². The van der Waals surface area contributed by atoms with E-state index in [0.717, 1.165) is 25.7 Å². The minimum Gasteiger partial charge on any atom is -0.391 e. The van der Waals surface area contributed by atoms with Crippen molar-refractivity contribution in [2.24, 2.45) is 11.1 Å². The Bertz CT molecular complexity index is 312. The molecule has 0 aromatic heterocycles. The highest BCUT2D eigenvalue weighted by molar-refractivity contribution is 7.80. The molecule has 3 N–H and O–H groups in total. The van der Waals surface area contributed by atoms with Gasteiger partial charge in [0.1, 0.15) is 0 Å². The smallest absolute Gasteiger partial charge is 0.226 e. The zero-order valence-electron chi connectivity index (χ0n) is 11.8. The molecule has 0 aromatic rings. The molecule has 0 radical (unpaired) electrons. The van der Waals surface area contributed by atoms with Crippen molar-refractivity contribution in [2.75, 3.05) is 0 Å². The van der Waals surface area contributed by atoms with E-state index in [1.807, 2.05) is 20.8 Å². The summed E-state index contributed by atoms with van der Waals surface area (Å²) in [6.07, 6.45) is 7.62. The first-order valence-electron chi connectivity index (χ1n) is 6.90. The average Bonchev–Trinajstić information content (AvgIpc) is 2.20. The molecule has 1 fully saturated rings. The van der Waals surface area contributed by atoms with Gasteiger partial charge in [-0.05, 0) is 12.8 Å². The summed E-state index contributed by atoms with van der Waals surface area (Å²) in [7, 11) is 0. The minimum absolute atomic E-state index is 0.0378. The topological polar surface area (TPSA) is 55.1 Å². The lowest BCUT2D eigenvalue weighted by molar-refractivity contribution is -0.130. The van der Waals surface area contributed by atoms with Crippen LogP contribution in [0.25, 0.3) is 0 Å². The van der Waals surface area contributed by atoms with Crippen molar-refractivity contribution >= 4 is 23.1 Å². The standard InChI is InChI=1S/C14H26N2OS/c1-13(2,3)12(17)16-14(11(15)18)9-7-5-4-6-8-10-14/h4-10H2,1-3H3,(H2,15,18)(H,16,17). The van der Waals surface area contributed by atoms with Crippen molar-refractivity contribution in [3.8, 4) is 0 Å². The van der Waals surface area contributed by atoms with Gasteiger partial charge in [0.05, 0.1) is 10.5 Å². The van der Waals surface area contributed by atoms with E-state index in [9.17, 15) is 4.79 Å². The molecule has 0 heterocycles. The molecule has 0 aliphatic heterocycles. The average molecular weight is 270 g/mol. The molecular weight excluding hydrogens is 244 g/mol. The molecular formula is C14H26N2OS. The van der Waals surface area contributed by atoms with Gasteiger partial charge in [0.25, 0.3) is 0 Å². The third-order valence-electron chi connectivity index (χ3n) is 3.71. The number of hydrogen-bond acceptors (Lipinski definition) is 2. The zero-order chi connectivity index (χ0) is 13.8. The Morgan fingerprint density at radius 3 is 1.94 bits per heavy atom. The first-order chi connectivity index (χ1) is 8.28. The normalized spacial score (nSPS) is 20.6. The van der Waals surface area contributed by atoms with E-state index >= 15 is 0 Å². The van der Waals surface area contributed by atoms with Gasteiger partial charge in [-0.3, -0.25) is 4.79 Å². The zero-order valence-corrected chi connectivity index (χ0v) is 12.7. The van der Waals surface area contributed by atoms with E-state index in [2.05, 4.69) is 5.32 Å². The third-order valence-corrected chi connectivity index (χ3v) is 4.10. The predicted octanol–water partition coefficient (Wildman–Crippen LogP) is 2.92. The fourth-order valence-corrected chi connectivity index (χ4v) is 2.60. The Morgan fingerprint density at radius 2 is 1.56 bits per heavy atom. The Labute approximate surface area is 116 Å². The SMILES string of the molecule is CC(C)(C)C(=O)NC1(C(N)=S)CCCCCCC1. The van der Waals surface area contributed by atoms with Crippen LogP contribution in [0, 0.1) is 5.41 Å². The summed E-state index contributed by atoms with van der Waals surface area (Å²) in [4.78, 5) is 12.7. The lowest BCUT2D eigenvalue weighted by Crippen LogP contribution is -2.59. The highest BCUT2D eigenvalue weighted by atomic mass is 32.1. The van der Waals surface area contributed by atoms with Crippen LogP contribution in [0.2, 0.25) is 0 Å². The van der Waals surface area contributed by atoms with Crippen LogP contribution in [-0.2, 0) is 4.79 Å². The Morgan fingerprint density at radius 1 is 1.11 bits per heavy atom. The molecule has 4 heteroatoms. The van der Waals surface area contributed by atoms with Crippen LogP contribution >= 0.6 is 12.2 Å². The van der Waals surface area contributed by atoms with Gasteiger partial charge in [-0.1, -0.05) is 65.1 Å². The molecule has 0 aromatic carbocycles. The molecule has 1 rings (SSSR count). The van der Waals surface area contributed by atoms with Crippen molar-refractivity contribution in [3.05, 3.63) is 0 Å². The summed E-state index contributed by atoms with van der Waals surface area (Å²) < 4.78 is 0. The molecule has 0 spiro atoms. The maximum atomic E-state index is 12.2. The number of rotatable bonds is 2. The summed E-state index contributed by atoms with van der Waals surface area (Å²) in [6, 6.07) is 0. The maximum Gasteiger partial charge on any atom is 0.226 e. The Kier molecular flexibility index (Phi) is 5.14. The number of amides is 1. The van der Waals surface area contributed by atoms with E-state index in [-0.39, 0.29) is 5.91 Å². The highest BCUT2D eigenvalue weighted by Crippen LogP contribution is 2.28. The van der Waals surface area contributed by atoms with Gasteiger partial charge in [0.2, 0.25) is 5.91 Å². The summed E-state index contributed by atoms with van der Waals surface area (Å²) in [5, 5.41) is 3.13. The van der Waals surface area contributed by atoms with E-state index in [0.29, 0.717) is 4.99 Å². The third kappa shape index (κ3) is 3.94. The van der Waals surface area contributed by atoms with Crippen molar-refractivity contribution < 1.29 is 4.79 Å². The number of hydrogen-bond donors (Lipinski definition) is 2. The van der Waals surface area contributed by atoms with Crippen LogP contribution in [0.4, 0.5) is 0 Å². The fourth-order valence-electron chi connectivity index (χ4n) is 2.35. The molecule has 0 atom stereocenters. The molecule has 1 aliphatic rings. The van der Waals surface area contributed by atoms with E-state index < -0.39 is 11.0 Å². The van der Waals surface area contributed by atoms with Crippen LogP contribution in [0.5, 0.6) is 0 Å².